The third kappa shape index (κ3) is 3.44. The van der Waals surface area contributed by atoms with E-state index < -0.39 is 10.8 Å². The number of nitro groups is 1. The Kier molecular flexibility index (Phi) is 4.76. The third-order valence-corrected chi connectivity index (χ3v) is 3.77. The first-order valence-corrected chi connectivity index (χ1v) is 7.69. The molecule has 0 aliphatic carbocycles. The number of amides is 1. The maximum Gasteiger partial charge on any atom is 0.271 e. The van der Waals surface area contributed by atoms with Crippen LogP contribution in [0.25, 0.3) is 10.9 Å². The Labute approximate surface area is 149 Å². The van der Waals surface area contributed by atoms with Crippen molar-refractivity contribution < 1.29 is 9.72 Å². The summed E-state index contributed by atoms with van der Waals surface area (Å²) in [6, 6.07) is 13.2. The average Bonchev–Trinajstić information content (AvgIpc) is 3.00. The monoisotopic (exact) mass is 346 g/mol. The Morgan fingerprint density at radius 2 is 2.12 bits per heavy atom. The van der Waals surface area contributed by atoms with Gasteiger partial charge < -0.3 is 4.57 Å². The van der Waals surface area contributed by atoms with Crippen molar-refractivity contribution in [3.63, 3.8) is 0 Å². The van der Waals surface area contributed by atoms with Gasteiger partial charge in [0.15, 0.2) is 0 Å². The van der Waals surface area contributed by atoms with Crippen LogP contribution in [0.1, 0.15) is 15.9 Å². The van der Waals surface area contributed by atoms with Gasteiger partial charge in [-0.25, -0.2) is 5.43 Å². The van der Waals surface area contributed by atoms with Gasteiger partial charge in [0.2, 0.25) is 0 Å². The van der Waals surface area contributed by atoms with Gasteiger partial charge in [0.05, 0.1) is 17.7 Å². The number of carbonyl (C=O) groups is 1. The lowest BCUT2D eigenvalue weighted by atomic mass is 10.2. The molecule has 0 atom stereocenters. The number of rotatable bonds is 5. The Balaban J connectivity index is 1.80. The van der Waals surface area contributed by atoms with E-state index in [1.165, 1.54) is 30.5 Å². The maximum atomic E-state index is 12.1. The molecular weight excluding hydrogens is 332 g/mol. The first-order chi connectivity index (χ1) is 12.6. The lowest BCUT2D eigenvalue weighted by molar-refractivity contribution is -0.384. The van der Waals surface area contributed by atoms with Crippen molar-refractivity contribution >= 4 is 28.7 Å². The molecule has 2 aromatic carbocycles. The Hall–Kier alpha value is -3.92. The summed E-state index contributed by atoms with van der Waals surface area (Å²) < 4.78 is 1.92. The number of carbonyl (C=O) groups excluding carboxylic acids is 1. The molecule has 1 heterocycles. The predicted molar refractivity (Wildman–Crippen MR) is 98.9 cm³/mol. The number of hydrogen-bond acceptors (Lipinski definition) is 4. The van der Waals surface area contributed by atoms with Crippen molar-refractivity contribution in [2.45, 2.75) is 6.54 Å². The molecule has 7 heteroatoms. The molecule has 128 valence electrons. The van der Waals surface area contributed by atoms with Crippen LogP contribution in [0.15, 0.2) is 59.8 Å². The zero-order valence-electron chi connectivity index (χ0n) is 13.6. The van der Waals surface area contributed by atoms with E-state index >= 15 is 0 Å². The average molecular weight is 346 g/mol. The fraction of sp³-hybridized carbons (Fsp3) is 0.0526. The third-order valence-electron chi connectivity index (χ3n) is 3.77. The molecule has 0 spiro atoms. The highest BCUT2D eigenvalue weighted by Crippen LogP contribution is 2.19. The number of terminal acetylenes is 1. The van der Waals surface area contributed by atoms with Crippen LogP contribution in [-0.4, -0.2) is 21.6 Å². The first-order valence-electron chi connectivity index (χ1n) is 7.69. The molecule has 26 heavy (non-hydrogen) atoms. The smallest absolute Gasteiger partial charge is 0.271 e. The fourth-order valence-electron chi connectivity index (χ4n) is 2.59. The molecule has 1 N–H and O–H groups in total. The fourth-order valence-corrected chi connectivity index (χ4v) is 2.59. The molecule has 0 aliphatic rings. The summed E-state index contributed by atoms with van der Waals surface area (Å²) in [5.74, 6) is 2.06. The number of non-ortho nitro benzene ring substituents is 1. The first kappa shape index (κ1) is 16.9. The summed E-state index contributed by atoms with van der Waals surface area (Å²) in [6.45, 7) is 0.425. The molecule has 0 fully saturated rings. The minimum atomic E-state index is -0.555. The molecule has 0 saturated carbocycles. The Bertz CT molecular complexity index is 1060. The summed E-state index contributed by atoms with van der Waals surface area (Å²) in [5, 5.41) is 15.7. The van der Waals surface area contributed by atoms with E-state index in [1.54, 1.807) is 0 Å². The van der Waals surface area contributed by atoms with Gasteiger partial charge in [-0.15, -0.1) is 6.42 Å². The minimum absolute atomic E-state index is 0.154. The number of nitrogens with one attached hydrogen (secondary N) is 1. The number of fused-ring (bicyclic) bond motifs is 1. The summed E-state index contributed by atoms with van der Waals surface area (Å²) in [5.41, 5.74) is 4.15. The Morgan fingerprint density at radius 3 is 2.88 bits per heavy atom. The van der Waals surface area contributed by atoms with Gasteiger partial charge in [-0.05, 0) is 12.1 Å². The summed E-state index contributed by atoms with van der Waals surface area (Å²) in [4.78, 5) is 22.3. The lowest BCUT2D eigenvalue weighted by Gasteiger charge is -1.99. The highest BCUT2D eigenvalue weighted by atomic mass is 16.6. The summed E-state index contributed by atoms with van der Waals surface area (Å²) in [7, 11) is 0. The van der Waals surface area contributed by atoms with Gasteiger partial charge in [-0.2, -0.15) is 5.10 Å². The van der Waals surface area contributed by atoms with Crippen LogP contribution in [0.4, 0.5) is 5.69 Å². The Morgan fingerprint density at radius 1 is 1.31 bits per heavy atom. The van der Waals surface area contributed by atoms with Crippen LogP contribution in [0, 0.1) is 22.5 Å². The number of hydrogen-bond donors (Lipinski definition) is 1. The lowest BCUT2D eigenvalue weighted by Crippen LogP contribution is -2.17. The molecule has 0 saturated heterocycles. The molecule has 0 aliphatic heterocycles. The van der Waals surface area contributed by atoms with Gasteiger partial charge in [0.25, 0.3) is 11.6 Å². The van der Waals surface area contributed by atoms with Crippen molar-refractivity contribution in [3.05, 3.63) is 76.0 Å². The van der Waals surface area contributed by atoms with Crippen LogP contribution in [0.2, 0.25) is 0 Å². The second-order valence-electron chi connectivity index (χ2n) is 5.44. The van der Waals surface area contributed by atoms with Crippen molar-refractivity contribution in [2.24, 2.45) is 5.10 Å². The van der Waals surface area contributed by atoms with E-state index in [-0.39, 0.29) is 11.3 Å². The second kappa shape index (κ2) is 7.32. The standard InChI is InChI=1S/C19H14N4O3/c1-2-10-22-13-15(17-8-3-4-9-18(17)22)12-20-21-19(24)14-6-5-7-16(11-14)23(25)26/h1,3-9,11-13H,10H2,(H,21,24)/b20-12-. The number of hydrazone groups is 1. The number of nitro benzene ring substituents is 1. The quantitative estimate of drug-likeness (QED) is 0.333. The van der Waals surface area contributed by atoms with E-state index in [1.807, 2.05) is 35.0 Å². The summed E-state index contributed by atoms with van der Waals surface area (Å²) >= 11 is 0. The topological polar surface area (TPSA) is 89.5 Å². The van der Waals surface area contributed by atoms with Gasteiger partial charge >= 0.3 is 0 Å². The minimum Gasteiger partial charge on any atom is -0.335 e. The van der Waals surface area contributed by atoms with Gasteiger partial charge in [0.1, 0.15) is 0 Å². The number of para-hydroxylation sites is 1. The largest absolute Gasteiger partial charge is 0.335 e. The molecule has 1 aromatic heterocycles. The summed E-state index contributed by atoms with van der Waals surface area (Å²) in [6.07, 6.45) is 8.76. The predicted octanol–water partition coefficient (Wildman–Crippen LogP) is 2.95. The van der Waals surface area contributed by atoms with Gasteiger partial charge in [0, 0.05) is 40.4 Å². The van der Waals surface area contributed by atoms with E-state index in [2.05, 4.69) is 16.4 Å². The van der Waals surface area contributed by atoms with Gasteiger partial charge in [-0.1, -0.05) is 30.2 Å². The molecule has 0 unspecified atom stereocenters. The zero-order valence-corrected chi connectivity index (χ0v) is 13.6. The number of nitrogens with zero attached hydrogens (tertiary/aromatic N) is 3. The molecular formula is C19H14N4O3. The van der Waals surface area contributed by atoms with Crippen molar-refractivity contribution in [1.82, 2.24) is 9.99 Å². The van der Waals surface area contributed by atoms with Crippen LogP contribution in [0.5, 0.6) is 0 Å². The molecule has 7 nitrogen and oxygen atoms in total. The van der Waals surface area contributed by atoms with E-state index in [0.717, 1.165) is 16.5 Å². The van der Waals surface area contributed by atoms with Crippen LogP contribution in [-0.2, 0) is 6.54 Å². The molecule has 1 amide bonds. The SMILES string of the molecule is C#CCn1cc(/C=N\NC(=O)c2cccc([N+](=O)[O-])c2)c2ccccc21. The van der Waals surface area contributed by atoms with E-state index in [0.29, 0.717) is 6.54 Å². The van der Waals surface area contributed by atoms with E-state index in [9.17, 15) is 14.9 Å². The van der Waals surface area contributed by atoms with Crippen LogP contribution in [0.3, 0.4) is 0 Å². The van der Waals surface area contributed by atoms with Crippen molar-refractivity contribution in [3.8, 4) is 12.3 Å². The second-order valence-corrected chi connectivity index (χ2v) is 5.44. The molecule has 3 aromatic rings. The van der Waals surface area contributed by atoms with Crippen LogP contribution >= 0.6 is 0 Å². The zero-order chi connectivity index (χ0) is 18.5. The molecule has 0 bridgehead atoms. The highest BCUT2D eigenvalue weighted by molar-refractivity contribution is 6.00. The van der Waals surface area contributed by atoms with E-state index in [4.69, 9.17) is 6.42 Å². The highest BCUT2D eigenvalue weighted by Gasteiger charge is 2.11. The van der Waals surface area contributed by atoms with Gasteiger partial charge in [-0.3, -0.25) is 14.9 Å². The number of benzene rings is 2. The molecule has 3 rings (SSSR count). The number of aromatic nitrogens is 1. The molecule has 0 radical (unpaired) electrons. The maximum absolute atomic E-state index is 12.1. The van der Waals surface area contributed by atoms with Crippen molar-refractivity contribution in [2.75, 3.05) is 0 Å². The van der Waals surface area contributed by atoms with Crippen LogP contribution < -0.4 is 5.43 Å². The van der Waals surface area contributed by atoms with Crippen molar-refractivity contribution in [1.29, 1.82) is 0 Å². The normalized spacial score (nSPS) is 10.7.